The van der Waals surface area contributed by atoms with E-state index in [0.717, 1.165) is 5.39 Å². The second-order valence-corrected chi connectivity index (χ2v) is 6.40. The van der Waals surface area contributed by atoms with E-state index in [0.29, 0.717) is 46.9 Å². The Morgan fingerprint density at radius 3 is 2.88 bits per heavy atom. The lowest BCUT2D eigenvalue weighted by Gasteiger charge is -2.20. The number of rotatable bonds is 7. The summed E-state index contributed by atoms with van der Waals surface area (Å²) < 4.78 is 5.86. The third-order valence-electron chi connectivity index (χ3n) is 3.79. The molecule has 7 heteroatoms. The molecular formula is C17H18N3O3S-. The monoisotopic (exact) mass is 344 g/mol. The highest BCUT2D eigenvalue weighted by molar-refractivity contribution is 7.98. The number of nitrogens with zero attached hydrogens (tertiary/aromatic N) is 2. The zero-order valence-electron chi connectivity index (χ0n) is 13.5. The molecule has 2 heterocycles. The van der Waals surface area contributed by atoms with Crippen LogP contribution in [-0.2, 0) is 11.2 Å². The molecule has 0 aliphatic heterocycles. The van der Waals surface area contributed by atoms with E-state index in [1.54, 1.807) is 11.8 Å². The average Bonchev–Trinajstić information content (AvgIpc) is 2.97. The molecule has 0 aliphatic rings. The number of carboxylic acids is 1. The molecule has 0 bridgehead atoms. The zero-order valence-corrected chi connectivity index (χ0v) is 14.4. The summed E-state index contributed by atoms with van der Waals surface area (Å²) in [5, 5.41) is 15.3. The molecule has 0 amide bonds. The van der Waals surface area contributed by atoms with Crippen LogP contribution < -0.4 is 10.4 Å². The summed E-state index contributed by atoms with van der Waals surface area (Å²) in [6.07, 6.45) is 3.02. The first-order valence-electron chi connectivity index (χ1n) is 7.78. The molecule has 0 unspecified atom stereocenters. The van der Waals surface area contributed by atoms with Crippen LogP contribution in [0.4, 0.5) is 5.82 Å². The van der Waals surface area contributed by atoms with Crippen LogP contribution in [0.15, 0.2) is 28.7 Å². The highest BCUT2D eigenvalue weighted by atomic mass is 32.2. The number of carbonyl (C=O) groups excluding carboxylic acids is 1. The molecule has 0 aliphatic carbocycles. The number of fused-ring (bicyclic) bond motifs is 3. The van der Waals surface area contributed by atoms with Crippen LogP contribution in [0, 0.1) is 0 Å². The summed E-state index contributed by atoms with van der Waals surface area (Å²) in [7, 11) is 0. The van der Waals surface area contributed by atoms with Gasteiger partial charge in [0.25, 0.3) is 0 Å². The van der Waals surface area contributed by atoms with E-state index in [-0.39, 0.29) is 0 Å². The predicted octanol–water partition coefficient (Wildman–Crippen LogP) is 2.22. The summed E-state index contributed by atoms with van der Waals surface area (Å²) in [4.78, 5) is 20.4. The molecule has 0 radical (unpaired) electrons. The van der Waals surface area contributed by atoms with Gasteiger partial charge in [-0.05, 0) is 30.6 Å². The SMILES string of the molecule is CCc1nc(N[C@@H](CCSC)C(=O)[O-])c2oc3ccccc3c2n1. The minimum atomic E-state index is -1.15. The van der Waals surface area contributed by atoms with Crippen molar-refractivity contribution < 1.29 is 14.3 Å². The highest BCUT2D eigenvalue weighted by Crippen LogP contribution is 2.31. The number of hydrogen-bond acceptors (Lipinski definition) is 7. The van der Waals surface area contributed by atoms with Crippen molar-refractivity contribution in [2.45, 2.75) is 25.8 Å². The summed E-state index contributed by atoms with van der Waals surface area (Å²) in [6.45, 7) is 1.96. The van der Waals surface area contributed by atoms with Gasteiger partial charge in [-0.15, -0.1) is 0 Å². The fraction of sp³-hybridized carbons (Fsp3) is 0.353. The number of aryl methyl sites for hydroxylation is 1. The topological polar surface area (TPSA) is 91.1 Å². The molecule has 0 saturated carbocycles. The summed E-state index contributed by atoms with van der Waals surface area (Å²) in [6, 6.07) is 6.76. The van der Waals surface area contributed by atoms with Gasteiger partial charge < -0.3 is 19.6 Å². The molecule has 3 aromatic rings. The van der Waals surface area contributed by atoms with Crippen LogP contribution in [0.3, 0.4) is 0 Å². The average molecular weight is 344 g/mol. The van der Waals surface area contributed by atoms with Gasteiger partial charge in [0.05, 0.1) is 12.0 Å². The van der Waals surface area contributed by atoms with Crippen molar-refractivity contribution >= 4 is 45.6 Å². The number of carboxylic acid groups (broad SMARTS) is 1. The molecule has 0 fully saturated rings. The smallest absolute Gasteiger partial charge is 0.196 e. The molecule has 3 rings (SSSR count). The molecular weight excluding hydrogens is 326 g/mol. The summed E-state index contributed by atoms with van der Waals surface area (Å²) >= 11 is 1.59. The minimum absolute atomic E-state index is 0.406. The van der Waals surface area contributed by atoms with Gasteiger partial charge in [0.1, 0.15) is 16.9 Å². The first-order valence-corrected chi connectivity index (χ1v) is 9.18. The lowest BCUT2D eigenvalue weighted by molar-refractivity contribution is -0.306. The van der Waals surface area contributed by atoms with E-state index >= 15 is 0 Å². The van der Waals surface area contributed by atoms with Gasteiger partial charge in [0.2, 0.25) is 0 Å². The highest BCUT2D eigenvalue weighted by Gasteiger charge is 2.18. The van der Waals surface area contributed by atoms with Gasteiger partial charge >= 0.3 is 0 Å². The number of carbonyl (C=O) groups is 1. The van der Waals surface area contributed by atoms with Gasteiger partial charge in [0, 0.05) is 11.8 Å². The second-order valence-electron chi connectivity index (χ2n) is 5.42. The summed E-state index contributed by atoms with van der Waals surface area (Å²) in [5.41, 5.74) is 1.87. The van der Waals surface area contributed by atoms with Crippen molar-refractivity contribution in [3.63, 3.8) is 0 Å². The predicted molar refractivity (Wildman–Crippen MR) is 94.1 cm³/mol. The van der Waals surface area contributed by atoms with Gasteiger partial charge in [-0.25, -0.2) is 9.97 Å². The van der Waals surface area contributed by atoms with Crippen molar-refractivity contribution in [3.05, 3.63) is 30.1 Å². The van der Waals surface area contributed by atoms with Crippen molar-refractivity contribution in [1.82, 2.24) is 9.97 Å². The normalized spacial score (nSPS) is 12.6. The molecule has 1 atom stereocenters. The Kier molecular flexibility index (Phi) is 4.89. The van der Waals surface area contributed by atoms with Crippen molar-refractivity contribution in [1.29, 1.82) is 0 Å². The number of anilines is 1. The zero-order chi connectivity index (χ0) is 17.1. The molecule has 2 aromatic heterocycles. The molecule has 0 spiro atoms. The third kappa shape index (κ3) is 3.17. The number of thioether (sulfide) groups is 1. The number of benzene rings is 1. The van der Waals surface area contributed by atoms with Crippen LogP contribution in [0.2, 0.25) is 0 Å². The van der Waals surface area contributed by atoms with Gasteiger partial charge in [-0.1, -0.05) is 19.1 Å². The maximum atomic E-state index is 11.4. The number of furan rings is 1. The minimum Gasteiger partial charge on any atom is -0.548 e. The molecule has 1 aromatic carbocycles. The van der Waals surface area contributed by atoms with Crippen LogP contribution in [0.25, 0.3) is 22.1 Å². The van der Waals surface area contributed by atoms with E-state index in [2.05, 4.69) is 15.3 Å². The van der Waals surface area contributed by atoms with Crippen LogP contribution in [-0.4, -0.2) is 34.0 Å². The van der Waals surface area contributed by atoms with E-state index in [1.807, 2.05) is 37.4 Å². The van der Waals surface area contributed by atoms with Crippen molar-refractivity contribution in [3.8, 4) is 0 Å². The van der Waals surface area contributed by atoms with Gasteiger partial charge in [-0.3, -0.25) is 0 Å². The maximum absolute atomic E-state index is 11.4. The Hall–Kier alpha value is -2.28. The van der Waals surface area contributed by atoms with Crippen LogP contribution in [0.5, 0.6) is 0 Å². The Bertz CT molecular complexity index is 878. The number of nitrogens with one attached hydrogen (secondary N) is 1. The quantitative estimate of drug-likeness (QED) is 0.702. The number of aliphatic carboxylic acids is 1. The Labute approximate surface area is 143 Å². The molecule has 6 nitrogen and oxygen atoms in total. The fourth-order valence-corrected chi connectivity index (χ4v) is 3.01. The molecule has 126 valence electrons. The maximum Gasteiger partial charge on any atom is 0.196 e. The van der Waals surface area contributed by atoms with Crippen LogP contribution in [0.1, 0.15) is 19.2 Å². The van der Waals surface area contributed by atoms with E-state index in [9.17, 15) is 9.90 Å². The standard InChI is InChI=1S/C17H19N3O3S/c1-3-13-19-14-10-6-4-5-7-12(10)23-15(14)16(20-13)18-11(17(21)22)8-9-24-2/h4-7,11H,3,8-9H2,1-2H3,(H,21,22)(H,18,19,20)/p-1/t11-/m0/s1. The number of para-hydroxylation sites is 1. The Morgan fingerprint density at radius 2 is 2.17 bits per heavy atom. The number of aromatic nitrogens is 2. The second kappa shape index (κ2) is 7.09. The largest absolute Gasteiger partial charge is 0.548 e. The molecule has 1 N–H and O–H groups in total. The van der Waals surface area contributed by atoms with E-state index in [4.69, 9.17) is 4.42 Å². The van der Waals surface area contributed by atoms with Crippen molar-refractivity contribution in [2.75, 3.05) is 17.3 Å². The van der Waals surface area contributed by atoms with E-state index in [1.165, 1.54) is 0 Å². The molecule has 24 heavy (non-hydrogen) atoms. The Morgan fingerprint density at radius 1 is 1.38 bits per heavy atom. The fourth-order valence-electron chi connectivity index (χ4n) is 2.54. The van der Waals surface area contributed by atoms with Crippen molar-refractivity contribution in [2.24, 2.45) is 0 Å². The lowest BCUT2D eigenvalue weighted by atomic mass is 10.2. The summed E-state index contributed by atoms with van der Waals surface area (Å²) in [5.74, 6) is 0.604. The third-order valence-corrected chi connectivity index (χ3v) is 4.43. The number of hydrogen-bond donors (Lipinski definition) is 1. The van der Waals surface area contributed by atoms with Gasteiger partial charge in [0.15, 0.2) is 11.4 Å². The lowest BCUT2D eigenvalue weighted by Crippen LogP contribution is -2.41. The molecule has 0 saturated heterocycles. The Balaban J connectivity index is 2.10. The first kappa shape index (κ1) is 16.6. The van der Waals surface area contributed by atoms with Gasteiger partial charge in [-0.2, -0.15) is 11.8 Å². The van der Waals surface area contributed by atoms with Crippen LogP contribution >= 0.6 is 11.8 Å². The van der Waals surface area contributed by atoms with E-state index < -0.39 is 12.0 Å². The first-order chi connectivity index (χ1) is 11.6.